The molecule has 0 aliphatic carbocycles. The minimum absolute atomic E-state index is 0.0506. The molecule has 2 aromatic heterocycles. The Balaban J connectivity index is 2.20. The molecule has 0 aliphatic heterocycles. The summed E-state index contributed by atoms with van der Waals surface area (Å²) >= 11 is 11.6. The van der Waals surface area contributed by atoms with E-state index >= 15 is 0 Å². The maximum atomic E-state index is 12.8. The van der Waals surface area contributed by atoms with E-state index in [9.17, 15) is 13.2 Å². The molecule has 0 spiro atoms. The number of oxazole rings is 1. The molecule has 0 fully saturated rings. The third-order valence-corrected chi connectivity index (χ3v) is 3.40. The van der Waals surface area contributed by atoms with Gasteiger partial charge < -0.3 is 4.42 Å². The molecule has 3 aromatic rings. The average Bonchev–Trinajstić information content (AvgIpc) is 2.79. The molecule has 3 nitrogen and oxygen atoms in total. The topological polar surface area (TPSA) is 38.9 Å². The standard InChI is InChI=1S/C13H5Cl2F3N2O/c14-8-4-11-10(3-7(8)13(16,17)18)20-12(21-11)6-1-2-19-5-9(6)15/h1-5H. The Hall–Kier alpha value is -1.79. The molecule has 108 valence electrons. The Morgan fingerprint density at radius 2 is 1.86 bits per heavy atom. The van der Waals surface area contributed by atoms with Crippen LogP contribution in [0.5, 0.6) is 0 Å². The van der Waals surface area contributed by atoms with Crippen LogP contribution in [0.1, 0.15) is 5.56 Å². The van der Waals surface area contributed by atoms with Gasteiger partial charge in [0.2, 0.25) is 5.89 Å². The molecule has 0 radical (unpaired) electrons. The van der Waals surface area contributed by atoms with Gasteiger partial charge in [-0.25, -0.2) is 4.98 Å². The first-order valence-corrected chi connectivity index (χ1v) is 6.39. The Morgan fingerprint density at radius 1 is 1.10 bits per heavy atom. The zero-order chi connectivity index (χ0) is 15.2. The molecular formula is C13H5Cl2F3N2O. The van der Waals surface area contributed by atoms with Crippen molar-refractivity contribution in [1.82, 2.24) is 9.97 Å². The number of rotatable bonds is 1. The van der Waals surface area contributed by atoms with Crippen LogP contribution < -0.4 is 0 Å². The molecule has 3 rings (SSSR count). The summed E-state index contributed by atoms with van der Waals surface area (Å²) in [6.45, 7) is 0. The predicted molar refractivity (Wildman–Crippen MR) is 72.3 cm³/mol. The van der Waals surface area contributed by atoms with Crippen molar-refractivity contribution < 1.29 is 17.6 Å². The Morgan fingerprint density at radius 3 is 2.52 bits per heavy atom. The maximum absolute atomic E-state index is 12.8. The summed E-state index contributed by atoms with van der Waals surface area (Å²) in [4.78, 5) is 7.84. The van der Waals surface area contributed by atoms with Crippen LogP contribution >= 0.6 is 23.2 Å². The first-order valence-electron chi connectivity index (χ1n) is 5.63. The van der Waals surface area contributed by atoms with Gasteiger partial charge >= 0.3 is 6.18 Å². The maximum Gasteiger partial charge on any atom is 0.417 e. The van der Waals surface area contributed by atoms with E-state index in [4.69, 9.17) is 27.6 Å². The van der Waals surface area contributed by atoms with E-state index in [1.165, 1.54) is 12.4 Å². The summed E-state index contributed by atoms with van der Waals surface area (Å²) in [5.41, 5.74) is -0.324. The number of hydrogen-bond acceptors (Lipinski definition) is 3. The largest absolute Gasteiger partial charge is 0.436 e. The van der Waals surface area contributed by atoms with Crippen LogP contribution in [0.3, 0.4) is 0 Å². The van der Waals surface area contributed by atoms with Crippen molar-refractivity contribution in [1.29, 1.82) is 0 Å². The van der Waals surface area contributed by atoms with Crippen LogP contribution in [0.25, 0.3) is 22.6 Å². The van der Waals surface area contributed by atoms with E-state index in [0.717, 1.165) is 12.1 Å². The lowest BCUT2D eigenvalue weighted by Crippen LogP contribution is -2.05. The van der Waals surface area contributed by atoms with Gasteiger partial charge in [-0.3, -0.25) is 4.98 Å². The summed E-state index contributed by atoms with van der Waals surface area (Å²) in [5, 5.41) is -0.162. The number of fused-ring (bicyclic) bond motifs is 1. The zero-order valence-electron chi connectivity index (χ0n) is 10.1. The summed E-state index contributed by atoms with van der Waals surface area (Å²) < 4.78 is 43.8. The number of aromatic nitrogens is 2. The van der Waals surface area contributed by atoms with Gasteiger partial charge in [-0.2, -0.15) is 13.2 Å². The van der Waals surface area contributed by atoms with E-state index in [2.05, 4.69) is 9.97 Å². The third-order valence-electron chi connectivity index (χ3n) is 2.79. The second-order valence-electron chi connectivity index (χ2n) is 4.17. The SMILES string of the molecule is FC(F)(F)c1cc2nc(-c3ccncc3Cl)oc2cc1Cl. The van der Waals surface area contributed by atoms with E-state index in [1.807, 2.05) is 0 Å². The first kappa shape index (κ1) is 14.2. The molecule has 0 aliphatic rings. The fourth-order valence-corrected chi connectivity index (χ4v) is 2.29. The Labute approximate surface area is 126 Å². The van der Waals surface area contributed by atoms with Gasteiger partial charge in [-0.1, -0.05) is 23.2 Å². The fourth-order valence-electron chi connectivity index (χ4n) is 1.83. The van der Waals surface area contributed by atoms with E-state index < -0.39 is 16.8 Å². The molecule has 0 bridgehead atoms. The molecule has 1 aromatic carbocycles. The van der Waals surface area contributed by atoms with Gasteiger partial charge in [0.25, 0.3) is 0 Å². The molecule has 0 saturated carbocycles. The molecular weight excluding hydrogens is 328 g/mol. The van der Waals surface area contributed by atoms with Crippen molar-refractivity contribution in [2.24, 2.45) is 0 Å². The van der Waals surface area contributed by atoms with Crippen LogP contribution in [0.2, 0.25) is 10.0 Å². The lowest BCUT2D eigenvalue weighted by atomic mass is 10.2. The molecule has 0 unspecified atom stereocenters. The molecule has 0 amide bonds. The monoisotopic (exact) mass is 332 g/mol. The van der Waals surface area contributed by atoms with Crippen molar-refractivity contribution in [2.45, 2.75) is 6.18 Å². The van der Waals surface area contributed by atoms with Gasteiger partial charge in [-0.05, 0) is 12.1 Å². The van der Waals surface area contributed by atoms with Gasteiger partial charge in [0.05, 0.1) is 21.2 Å². The lowest BCUT2D eigenvalue weighted by molar-refractivity contribution is -0.137. The number of hydrogen-bond donors (Lipinski definition) is 0. The number of pyridine rings is 1. The van der Waals surface area contributed by atoms with Gasteiger partial charge in [0.15, 0.2) is 5.58 Å². The number of benzene rings is 1. The van der Waals surface area contributed by atoms with Gasteiger partial charge in [-0.15, -0.1) is 0 Å². The number of alkyl halides is 3. The second-order valence-corrected chi connectivity index (χ2v) is 4.99. The molecule has 2 heterocycles. The van der Waals surface area contributed by atoms with Gasteiger partial charge in [0.1, 0.15) is 5.52 Å². The van der Waals surface area contributed by atoms with E-state index in [0.29, 0.717) is 5.56 Å². The lowest BCUT2D eigenvalue weighted by Gasteiger charge is -2.07. The highest BCUT2D eigenvalue weighted by Crippen LogP contribution is 2.38. The molecule has 0 atom stereocenters. The van der Waals surface area contributed by atoms with Crippen molar-refractivity contribution in [3.63, 3.8) is 0 Å². The normalized spacial score (nSPS) is 12.0. The highest BCUT2D eigenvalue weighted by Gasteiger charge is 2.34. The zero-order valence-corrected chi connectivity index (χ0v) is 11.6. The van der Waals surface area contributed by atoms with Gasteiger partial charge in [0, 0.05) is 18.5 Å². The summed E-state index contributed by atoms with van der Waals surface area (Å²) in [7, 11) is 0. The quantitative estimate of drug-likeness (QED) is 0.613. The van der Waals surface area contributed by atoms with E-state index in [-0.39, 0.29) is 22.0 Å². The minimum Gasteiger partial charge on any atom is -0.436 e. The number of nitrogens with zero attached hydrogens (tertiary/aromatic N) is 2. The molecule has 21 heavy (non-hydrogen) atoms. The molecule has 8 heteroatoms. The van der Waals surface area contributed by atoms with Crippen LogP contribution in [-0.4, -0.2) is 9.97 Å². The second kappa shape index (κ2) is 4.89. The summed E-state index contributed by atoms with van der Waals surface area (Å²) in [5.74, 6) is 0.104. The predicted octanol–water partition coefficient (Wildman–Crippen LogP) is 5.22. The molecule has 0 saturated heterocycles. The minimum atomic E-state index is -4.56. The summed E-state index contributed by atoms with van der Waals surface area (Å²) in [6.07, 6.45) is -1.69. The Bertz CT molecular complexity index is 830. The molecule has 0 N–H and O–H groups in total. The first-order chi connectivity index (χ1) is 9.86. The van der Waals surface area contributed by atoms with Crippen molar-refractivity contribution >= 4 is 34.3 Å². The average molecular weight is 333 g/mol. The van der Waals surface area contributed by atoms with E-state index in [1.54, 1.807) is 6.07 Å². The highest BCUT2D eigenvalue weighted by molar-refractivity contribution is 6.33. The van der Waals surface area contributed by atoms with Crippen LogP contribution in [-0.2, 0) is 6.18 Å². The smallest absolute Gasteiger partial charge is 0.417 e. The number of halogens is 5. The summed E-state index contributed by atoms with van der Waals surface area (Å²) in [6, 6.07) is 3.49. The third kappa shape index (κ3) is 2.56. The highest BCUT2D eigenvalue weighted by atomic mass is 35.5. The van der Waals surface area contributed by atoms with Crippen LogP contribution in [0, 0.1) is 0 Å². The Kier molecular flexibility index (Phi) is 3.30. The van der Waals surface area contributed by atoms with Crippen molar-refractivity contribution in [3.8, 4) is 11.5 Å². The fraction of sp³-hybridized carbons (Fsp3) is 0.0769. The van der Waals surface area contributed by atoms with Crippen LogP contribution in [0.15, 0.2) is 35.0 Å². The van der Waals surface area contributed by atoms with Crippen LogP contribution in [0.4, 0.5) is 13.2 Å². The van der Waals surface area contributed by atoms with Crippen molar-refractivity contribution in [3.05, 3.63) is 46.2 Å². The van der Waals surface area contributed by atoms with Crippen molar-refractivity contribution in [2.75, 3.05) is 0 Å².